The van der Waals surface area contributed by atoms with Crippen molar-refractivity contribution < 1.29 is 9.53 Å². The average Bonchev–Trinajstić information content (AvgIpc) is 2.56. The first kappa shape index (κ1) is 16.3. The lowest BCUT2D eigenvalue weighted by Crippen LogP contribution is -2.00. The Morgan fingerprint density at radius 2 is 1.82 bits per heavy atom. The lowest BCUT2D eigenvalue weighted by atomic mass is 10.1. The number of methoxy groups -OCH3 is 1. The standard InChI is InChI=1S/C17H12BrNO2S/c1-21-17(20)13-4-2-12(3-5-13)10-16(11-19)22-15-8-6-14(18)7-9-15/h2-10H,1H3/b16-10-. The normalized spacial score (nSPS) is 10.9. The topological polar surface area (TPSA) is 50.1 Å². The zero-order chi connectivity index (χ0) is 15.9. The van der Waals surface area contributed by atoms with Crippen LogP contribution in [0.5, 0.6) is 0 Å². The highest BCUT2D eigenvalue weighted by Gasteiger charge is 2.05. The predicted octanol–water partition coefficient (Wildman–Crippen LogP) is 4.89. The van der Waals surface area contributed by atoms with Gasteiger partial charge in [-0.2, -0.15) is 5.26 Å². The highest BCUT2D eigenvalue weighted by Crippen LogP contribution is 2.28. The molecule has 0 bridgehead atoms. The minimum Gasteiger partial charge on any atom is -0.465 e. The first-order valence-corrected chi connectivity index (χ1v) is 7.97. The van der Waals surface area contributed by atoms with Crippen LogP contribution in [0.4, 0.5) is 0 Å². The molecule has 110 valence electrons. The Balaban J connectivity index is 2.16. The average molecular weight is 374 g/mol. The van der Waals surface area contributed by atoms with Crippen molar-refractivity contribution in [1.82, 2.24) is 0 Å². The molecule has 3 nitrogen and oxygen atoms in total. The van der Waals surface area contributed by atoms with E-state index < -0.39 is 0 Å². The molecular weight excluding hydrogens is 362 g/mol. The number of hydrogen-bond acceptors (Lipinski definition) is 4. The highest BCUT2D eigenvalue weighted by atomic mass is 79.9. The number of thioether (sulfide) groups is 1. The largest absolute Gasteiger partial charge is 0.465 e. The van der Waals surface area contributed by atoms with Crippen LogP contribution in [0.15, 0.2) is 62.8 Å². The van der Waals surface area contributed by atoms with E-state index in [2.05, 4.69) is 26.7 Å². The second kappa shape index (κ2) is 7.83. The summed E-state index contributed by atoms with van der Waals surface area (Å²) in [5, 5.41) is 9.26. The molecule has 0 spiro atoms. The Bertz CT molecular complexity index is 731. The number of carbonyl (C=O) groups excluding carboxylic acids is 1. The van der Waals surface area contributed by atoms with Crippen molar-refractivity contribution in [3.05, 3.63) is 69.0 Å². The van der Waals surface area contributed by atoms with E-state index in [1.807, 2.05) is 24.3 Å². The Kier molecular flexibility index (Phi) is 5.82. The molecule has 0 heterocycles. The Labute approximate surface area is 141 Å². The molecule has 0 aliphatic rings. The number of esters is 1. The molecule has 0 radical (unpaired) electrons. The number of allylic oxidation sites excluding steroid dienone is 1. The minimum atomic E-state index is -0.375. The van der Waals surface area contributed by atoms with Crippen molar-refractivity contribution in [3.63, 3.8) is 0 Å². The number of hydrogen-bond donors (Lipinski definition) is 0. The Morgan fingerprint density at radius 3 is 2.36 bits per heavy atom. The molecule has 0 atom stereocenters. The maximum absolute atomic E-state index is 11.4. The van der Waals surface area contributed by atoms with Crippen molar-refractivity contribution in [2.45, 2.75) is 4.90 Å². The summed E-state index contributed by atoms with van der Waals surface area (Å²) in [7, 11) is 1.35. The smallest absolute Gasteiger partial charge is 0.337 e. The van der Waals surface area contributed by atoms with Gasteiger partial charge in [0.25, 0.3) is 0 Å². The van der Waals surface area contributed by atoms with Crippen LogP contribution in [0.3, 0.4) is 0 Å². The molecule has 22 heavy (non-hydrogen) atoms. The number of carbonyl (C=O) groups is 1. The molecule has 0 amide bonds. The third-order valence-electron chi connectivity index (χ3n) is 2.78. The predicted molar refractivity (Wildman–Crippen MR) is 91.4 cm³/mol. The molecule has 0 saturated carbocycles. The van der Waals surface area contributed by atoms with Crippen molar-refractivity contribution in [2.75, 3.05) is 7.11 Å². The molecule has 2 aromatic carbocycles. The fraction of sp³-hybridized carbons (Fsp3) is 0.0588. The van der Waals surface area contributed by atoms with Crippen LogP contribution in [0, 0.1) is 11.3 Å². The molecule has 0 fully saturated rings. The number of benzene rings is 2. The molecule has 0 aromatic heterocycles. The van der Waals surface area contributed by atoms with Gasteiger partial charge in [-0.3, -0.25) is 0 Å². The van der Waals surface area contributed by atoms with Crippen LogP contribution in [-0.2, 0) is 4.74 Å². The number of nitriles is 1. The van der Waals surface area contributed by atoms with Gasteiger partial charge in [0.1, 0.15) is 6.07 Å². The van der Waals surface area contributed by atoms with E-state index >= 15 is 0 Å². The summed E-state index contributed by atoms with van der Waals surface area (Å²) >= 11 is 4.77. The first-order chi connectivity index (χ1) is 10.6. The van der Waals surface area contributed by atoms with Gasteiger partial charge in [0.15, 0.2) is 0 Å². The third-order valence-corrected chi connectivity index (χ3v) is 4.25. The highest BCUT2D eigenvalue weighted by molar-refractivity contribution is 9.10. The lowest BCUT2D eigenvalue weighted by Gasteiger charge is -2.02. The van der Waals surface area contributed by atoms with E-state index in [9.17, 15) is 10.1 Å². The summed E-state index contributed by atoms with van der Waals surface area (Å²) in [5.74, 6) is -0.375. The molecule has 0 unspecified atom stereocenters. The van der Waals surface area contributed by atoms with Crippen molar-refractivity contribution in [3.8, 4) is 6.07 Å². The molecule has 2 rings (SSSR count). The first-order valence-electron chi connectivity index (χ1n) is 6.36. The van der Waals surface area contributed by atoms with Crippen molar-refractivity contribution in [2.24, 2.45) is 0 Å². The molecule has 2 aromatic rings. The molecule has 0 aliphatic carbocycles. The van der Waals surface area contributed by atoms with Crippen molar-refractivity contribution >= 4 is 39.7 Å². The zero-order valence-electron chi connectivity index (χ0n) is 11.7. The van der Waals surface area contributed by atoms with Crippen LogP contribution in [0.25, 0.3) is 6.08 Å². The van der Waals surface area contributed by atoms with Gasteiger partial charge in [-0.25, -0.2) is 4.79 Å². The Morgan fingerprint density at radius 1 is 1.18 bits per heavy atom. The second-order valence-electron chi connectivity index (χ2n) is 4.29. The van der Waals surface area contributed by atoms with Crippen molar-refractivity contribution in [1.29, 1.82) is 5.26 Å². The van der Waals surface area contributed by atoms with Gasteiger partial charge in [-0.1, -0.05) is 39.8 Å². The fourth-order valence-corrected chi connectivity index (χ4v) is 2.73. The lowest BCUT2D eigenvalue weighted by molar-refractivity contribution is 0.0601. The van der Waals surface area contributed by atoms with Crippen LogP contribution in [-0.4, -0.2) is 13.1 Å². The summed E-state index contributed by atoms with van der Waals surface area (Å²) in [6.45, 7) is 0. The molecule has 5 heteroatoms. The van der Waals surface area contributed by atoms with Crippen LogP contribution in [0.1, 0.15) is 15.9 Å². The fourth-order valence-electron chi connectivity index (χ4n) is 1.70. The van der Waals surface area contributed by atoms with E-state index in [0.29, 0.717) is 10.5 Å². The number of nitrogens with zero attached hydrogens (tertiary/aromatic N) is 1. The number of halogens is 1. The summed E-state index contributed by atoms with van der Waals surface area (Å²) in [6.07, 6.45) is 1.79. The molecule has 0 aliphatic heterocycles. The van der Waals surface area contributed by atoms with Gasteiger partial charge in [0.2, 0.25) is 0 Å². The van der Waals surface area contributed by atoms with E-state index in [-0.39, 0.29) is 5.97 Å². The van der Waals surface area contributed by atoms with Gasteiger partial charge in [-0.05, 0) is 48.0 Å². The molecule has 0 N–H and O–H groups in total. The molecular formula is C17H12BrNO2S. The van der Waals surface area contributed by atoms with Gasteiger partial charge < -0.3 is 4.74 Å². The summed E-state index contributed by atoms with van der Waals surface area (Å²) < 4.78 is 5.65. The van der Waals surface area contributed by atoms with Gasteiger partial charge >= 0.3 is 5.97 Å². The minimum absolute atomic E-state index is 0.375. The van der Waals surface area contributed by atoms with Crippen LogP contribution >= 0.6 is 27.7 Å². The summed E-state index contributed by atoms with van der Waals surface area (Å²) in [4.78, 5) is 12.9. The summed E-state index contributed by atoms with van der Waals surface area (Å²) in [6, 6.07) is 16.9. The van der Waals surface area contributed by atoms with E-state index in [4.69, 9.17) is 0 Å². The summed E-state index contributed by atoms with van der Waals surface area (Å²) in [5.41, 5.74) is 1.34. The van der Waals surface area contributed by atoms with E-state index in [1.54, 1.807) is 30.3 Å². The second-order valence-corrected chi connectivity index (χ2v) is 6.32. The third kappa shape index (κ3) is 4.48. The Hall–Kier alpha value is -2.03. The quantitative estimate of drug-likeness (QED) is 0.434. The van der Waals surface area contributed by atoms with E-state index in [0.717, 1.165) is 14.9 Å². The van der Waals surface area contributed by atoms with Crippen LogP contribution < -0.4 is 0 Å². The SMILES string of the molecule is COC(=O)c1ccc(/C=C(/C#N)Sc2ccc(Br)cc2)cc1. The number of rotatable bonds is 4. The monoisotopic (exact) mass is 373 g/mol. The zero-order valence-corrected chi connectivity index (χ0v) is 14.1. The maximum atomic E-state index is 11.4. The maximum Gasteiger partial charge on any atom is 0.337 e. The molecule has 0 saturated heterocycles. The van der Waals surface area contributed by atoms with Gasteiger partial charge in [0, 0.05) is 9.37 Å². The van der Waals surface area contributed by atoms with Crippen LogP contribution in [0.2, 0.25) is 0 Å². The van der Waals surface area contributed by atoms with E-state index in [1.165, 1.54) is 18.9 Å². The number of ether oxygens (including phenoxy) is 1. The van der Waals surface area contributed by atoms with Gasteiger partial charge in [0.05, 0.1) is 17.6 Å². The van der Waals surface area contributed by atoms with Gasteiger partial charge in [-0.15, -0.1) is 0 Å².